The molecule has 0 amide bonds. The number of halogens is 8. The van der Waals surface area contributed by atoms with Crippen LogP contribution in [-0.4, -0.2) is 51.5 Å². The molecule has 0 heterocycles. The maximum atomic E-state index is 12.2. The molecule has 0 fully saturated rings. The van der Waals surface area contributed by atoms with Crippen LogP contribution in [0.3, 0.4) is 0 Å². The van der Waals surface area contributed by atoms with E-state index in [4.69, 9.17) is 0 Å². The predicted molar refractivity (Wildman–Crippen MR) is 44.6 cm³/mol. The third kappa shape index (κ3) is 8.94. The molecule has 3 nitrogen and oxygen atoms in total. The first-order valence-corrected chi connectivity index (χ1v) is 4.75. The smallest absolute Gasteiger partial charge is 0.288 e. The fraction of sp³-hybridized carbons (Fsp3) is 1.00. The molecule has 2 unspecified atom stereocenters. The Morgan fingerprint density at radius 3 is 1.11 bits per heavy atom. The summed E-state index contributed by atoms with van der Waals surface area (Å²) in [5.74, 6) is 0. The van der Waals surface area contributed by atoms with Crippen molar-refractivity contribution in [1.29, 1.82) is 0 Å². The first-order chi connectivity index (χ1) is 8.73. The van der Waals surface area contributed by atoms with Crippen LogP contribution in [0.15, 0.2) is 0 Å². The van der Waals surface area contributed by atoms with Crippen LogP contribution in [0.5, 0.6) is 0 Å². The monoisotopic (exact) mass is 306 g/mol. The van der Waals surface area contributed by atoms with Crippen LogP contribution < -0.4 is 0 Å². The molecule has 0 spiro atoms. The van der Waals surface area contributed by atoms with Crippen molar-refractivity contribution in [3.63, 3.8) is 0 Å². The summed E-state index contributed by atoms with van der Waals surface area (Å²) in [5, 5.41) is 0. The molecule has 0 aromatic carbocycles. The minimum atomic E-state index is -3.53. The zero-order valence-corrected chi connectivity index (χ0v) is 9.13. The number of alkyl halides is 8. The fourth-order valence-corrected chi connectivity index (χ4v) is 0.810. The normalized spacial score (nSPS) is 15.8. The van der Waals surface area contributed by atoms with E-state index in [-0.39, 0.29) is 0 Å². The van der Waals surface area contributed by atoms with Crippen LogP contribution >= 0.6 is 0 Å². The van der Waals surface area contributed by atoms with Crippen molar-refractivity contribution in [2.45, 2.75) is 38.3 Å². The van der Waals surface area contributed by atoms with Crippen LogP contribution in [0.25, 0.3) is 0 Å². The van der Waals surface area contributed by atoms with Gasteiger partial charge in [-0.05, 0) is 0 Å². The lowest BCUT2D eigenvalue weighted by Gasteiger charge is -2.23. The summed E-state index contributed by atoms with van der Waals surface area (Å²) in [7, 11) is 0. The van der Waals surface area contributed by atoms with E-state index < -0.39 is 51.5 Å². The Labute approximate surface area is 102 Å². The molecule has 0 aromatic heterocycles. The molecule has 19 heavy (non-hydrogen) atoms. The van der Waals surface area contributed by atoms with Gasteiger partial charge in [-0.1, -0.05) is 0 Å². The van der Waals surface area contributed by atoms with Gasteiger partial charge in [-0.25, -0.2) is 35.1 Å². The Balaban J connectivity index is 4.39. The Morgan fingerprint density at radius 2 is 0.895 bits per heavy atom. The summed E-state index contributed by atoms with van der Waals surface area (Å²) in [6, 6.07) is 0. The number of hydrogen-bond donors (Lipinski definition) is 0. The van der Waals surface area contributed by atoms with Crippen LogP contribution in [0.1, 0.15) is 0 Å². The average Bonchev–Trinajstić information content (AvgIpc) is 2.26. The van der Waals surface area contributed by atoms with Gasteiger partial charge in [0, 0.05) is 0 Å². The molecule has 0 saturated heterocycles. The second-order valence-electron chi connectivity index (χ2n) is 2.99. The van der Waals surface area contributed by atoms with E-state index in [0.717, 1.165) is 0 Å². The van der Waals surface area contributed by atoms with Crippen molar-refractivity contribution < 1.29 is 49.3 Å². The third-order valence-electron chi connectivity index (χ3n) is 1.45. The van der Waals surface area contributed by atoms with Crippen molar-refractivity contribution >= 4 is 0 Å². The fourth-order valence-electron chi connectivity index (χ4n) is 0.810. The molecule has 0 rings (SSSR count). The molecule has 11 heteroatoms. The van der Waals surface area contributed by atoms with Gasteiger partial charge in [0.1, 0.15) is 13.2 Å². The predicted octanol–water partition coefficient (Wildman–Crippen LogP) is 2.75. The molecule has 0 N–H and O–H groups in total. The molecule has 0 aliphatic carbocycles. The Hall–Kier alpha value is -0.680. The number of ether oxygens (including phenoxy) is 3. The molecule has 0 bridgehead atoms. The quantitative estimate of drug-likeness (QED) is 0.459. The van der Waals surface area contributed by atoms with E-state index in [1.54, 1.807) is 0 Å². The van der Waals surface area contributed by atoms with Crippen LogP contribution in [-0.2, 0) is 14.2 Å². The van der Waals surface area contributed by atoms with Gasteiger partial charge >= 0.3 is 0 Å². The Bertz CT molecular complexity index is 206. The molecule has 2 atom stereocenters. The minimum absolute atomic E-state index is 1.49. The highest BCUT2D eigenvalue weighted by molar-refractivity contribution is 4.55. The molecule has 0 saturated carbocycles. The van der Waals surface area contributed by atoms with Gasteiger partial charge in [-0.2, -0.15) is 0 Å². The summed E-state index contributed by atoms with van der Waals surface area (Å²) < 4.78 is 107. The number of hydrogen-bond acceptors (Lipinski definition) is 3. The van der Waals surface area contributed by atoms with Gasteiger partial charge in [0.25, 0.3) is 25.7 Å². The van der Waals surface area contributed by atoms with Gasteiger partial charge < -0.3 is 14.2 Å². The molecule has 0 aliphatic heterocycles. The lowest BCUT2D eigenvalue weighted by Crippen LogP contribution is -2.37. The zero-order valence-electron chi connectivity index (χ0n) is 9.13. The van der Waals surface area contributed by atoms with Crippen molar-refractivity contribution in [2.24, 2.45) is 0 Å². The van der Waals surface area contributed by atoms with Crippen molar-refractivity contribution in [1.82, 2.24) is 0 Å². The van der Waals surface area contributed by atoms with Crippen molar-refractivity contribution in [3.8, 4) is 0 Å². The first-order valence-electron chi connectivity index (χ1n) is 4.75. The van der Waals surface area contributed by atoms with Crippen LogP contribution in [0, 0.1) is 0 Å². The lowest BCUT2D eigenvalue weighted by atomic mass is 10.6. The molecular weight excluding hydrogens is 296 g/mol. The van der Waals surface area contributed by atoms with Gasteiger partial charge in [0.2, 0.25) is 12.6 Å². The van der Waals surface area contributed by atoms with Crippen LogP contribution in [0.2, 0.25) is 0 Å². The topological polar surface area (TPSA) is 27.7 Å². The highest BCUT2D eigenvalue weighted by atomic mass is 19.3. The van der Waals surface area contributed by atoms with Crippen LogP contribution in [0.4, 0.5) is 35.1 Å². The molecule has 116 valence electrons. The summed E-state index contributed by atoms with van der Waals surface area (Å²) >= 11 is 0. The molecule has 0 aromatic rings. The van der Waals surface area contributed by atoms with Crippen molar-refractivity contribution in [2.75, 3.05) is 13.2 Å². The second kappa shape index (κ2) is 9.26. The maximum absolute atomic E-state index is 12.2. The third-order valence-corrected chi connectivity index (χ3v) is 1.45. The Kier molecular flexibility index (Phi) is 8.93. The molecule has 0 radical (unpaired) electrons. The van der Waals surface area contributed by atoms with E-state index in [2.05, 4.69) is 14.2 Å². The Morgan fingerprint density at radius 1 is 0.579 bits per heavy atom. The van der Waals surface area contributed by atoms with E-state index in [1.165, 1.54) is 0 Å². The molecule has 0 aliphatic rings. The van der Waals surface area contributed by atoms with E-state index in [1.807, 2.05) is 0 Å². The second-order valence-corrected chi connectivity index (χ2v) is 2.99. The van der Waals surface area contributed by atoms with Gasteiger partial charge in [0.15, 0.2) is 0 Å². The summed E-state index contributed by atoms with van der Waals surface area (Å²) in [6.45, 7) is -2.97. The number of rotatable bonds is 10. The summed E-state index contributed by atoms with van der Waals surface area (Å²) in [5.41, 5.74) is 0. The average molecular weight is 306 g/mol. The van der Waals surface area contributed by atoms with E-state index in [0.29, 0.717) is 0 Å². The zero-order chi connectivity index (χ0) is 15.0. The lowest BCUT2D eigenvalue weighted by molar-refractivity contribution is -0.314. The van der Waals surface area contributed by atoms with E-state index in [9.17, 15) is 35.1 Å². The highest BCUT2D eigenvalue weighted by Crippen LogP contribution is 2.17. The molecular formula is C8H10F8O3. The van der Waals surface area contributed by atoms with E-state index >= 15 is 0 Å². The maximum Gasteiger partial charge on any atom is 0.288 e. The largest absolute Gasteiger partial charge is 0.341 e. The highest BCUT2D eigenvalue weighted by Gasteiger charge is 2.32. The summed E-state index contributed by atoms with van der Waals surface area (Å²) in [6.07, 6.45) is -18.8. The first kappa shape index (κ1) is 18.3. The van der Waals surface area contributed by atoms with Gasteiger partial charge in [-0.15, -0.1) is 0 Å². The summed E-state index contributed by atoms with van der Waals surface area (Å²) in [4.78, 5) is 0. The van der Waals surface area contributed by atoms with Gasteiger partial charge in [0.05, 0.1) is 0 Å². The standard InChI is InChI=1S/C8H10F8O3/c9-3(10)1-17-7(5(13)14)19-8(6(15)16)18-2-4(11)12/h3-8H,1-2H2. The SMILES string of the molecule is FC(F)COC(OC(OCC(F)F)C(F)F)C(F)F. The van der Waals surface area contributed by atoms with Gasteiger partial charge in [-0.3, -0.25) is 0 Å². The van der Waals surface area contributed by atoms with Crippen molar-refractivity contribution in [3.05, 3.63) is 0 Å². The minimum Gasteiger partial charge on any atom is -0.341 e.